The number of halogens is 2. The Kier molecular flexibility index (Phi) is 4.85. The summed E-state index contributed by atoms with van der Waals surface area (Å²) in [4.78, 5) is 3.97. The van der Waals surface area contributed by atoms with Crippen LogP contribution in [0.4, 0.5) is 4.39 Å². The van der Waals surface area contributed by atoms with E-state index in [2.05, 4.69) is 10.4 Å². The highest BCUT2D eigenvalue weighted by Crippen LogP contribution is 2.26. The Morgan fingerprint density at radius 2 is 2.00 bits per heavy atom. The van der Waals surface area contributed by atoms with Crippen molar-refractivity contribution in [2.45, 2.75) is 18.9 Å². The Morgan fingerprint density at radius 1 is 1.26 bits per heavy atom. The molecule has 0 spiro atoms. The lowest BCUT2D eigenvalue weighted by atomic mass is 10.00. The third-order valence-electron chi connectivity index (χ3n) is 3.01. The van der Waals surface area contributed by atoms with Crippen LogP contribution in [0.5, 0.6) is 0 Å². The van der Waals surface area contributed by atoms with Gasteiger partial charge in [0.15, 0.2) is 0 Å². The molecule has 1 atom stereocenters. The molecule has 0 radical (unpaired) electrons. The number of aryl methyl sites for hydroxylation is 1. The van der Waals surface area contributed by atoms with Crippen molar-refractivity contribution < 1.29 is 4.39 Å². The van der Waals surface area contributed by atoms with Crippen molar-refractivity contribution in [3.63, 3.8) is 0 Å². The van der Waals surface area contributed by atoms with Crippen LogP contribution in [0.25, 0.3) is 0 Å². The lowest BCUT2D eigenvalue weighted by Crippen LogP contribution is -2.28. The van der Waals surface area contributed by atoms with E-state index >= 15 is 0 Å². The molecule has 2 rings (SSSR count). The largest absolute Gasteiger partial charge is 0.271 e. The Hall–Kier alpha value is -1.49. The molecule has 2 aromatic rings. The molecule has 0 aliphatic rings. The second kappa shape index (κ2) is 6.61. The van der Waals surface area contributed by atoms with Gasteiger partial charge in [0.1, 0.15) is 5.82 Å². The topological polar surface area (TPSA) is 50.9 Å². The van der Waals surface area contributed by atoms with Crippen molar-refractivity contribution >= 4 is 11.6 Å². The maximum atomic E-state index is 13.3. The highest BCUT2D eigenvalue weighted by molar-refractivity contribution is 6.31. The second-order valence-electron chi connectivity index (χ2n) is 4.28. The molecule has 0 aliphatic heterocycles. The maximum absolute atomic E-state index is 13.3. The van der Waals surface area contributed by atoms with Gasteiger partial charge in [0.05, 0.1) is 0 Å². The van der Waals surface area contributed by atoms with Crippen LogP contribution < -0.4 is 11.3 Å². The molecule has 3 nitrogen and oxygen atoms in total. The smallest absolute Gasteiger partial charge is 0.123 e. The SMILES string of the molecule is NNC(CCc1ccncc1)c1cc(F)ccc1Cl. The Balaban J connectivity index is 2.10. The highest BCUT2D eigenvalue weighted by Gasteiger charge is 2.14. The normalized spacial score (nSPS) is 12.4. The molecule has 0 bridgehead atoms. The minimum Gasteiger partial charge on any atom is -0.271 e. The van der Waals surface area contributed by atoms with Crippen molar-refractivity contribution in [2.75, 3.05) is 0 Å². The van der Waals surface area contributed by atoms with E-state index in [4.69, 9.17) is 17.4 Å². The summed E-state index contributed by atoms with van der Waals surface area (Å²) in [6.07, 6.45) is 5.03. The van der Waals surface area contributed by atoms with Gasteiger partial charge in [-0.25, -0.2) is 4.39 Å². The van der Waals surface area contributed by atoms with Crippen molar-refractivity contribution in [1.82, 2.24) is 10.4 Å². The summed E-state index contributed by atoms with van der Waals surface area (Å²) in [5.74, 6) is 5.23. The summed E-state index contributed by atoms with van der Waals surface area (Å²) in [6, 6.07) is 8.00. The molecule has 0 fully saturated rings. The minimum atomic E-state index is -0.316. The molecule has 100 valence electrons. The predicted octanol–water partition coefficient (Wildman–Crippen LogP) is 3.01. The standard InChI is InChI=1S/C14H15ClFN3/c15-13-3-2-11(16)9-12(13)14(19-17)4-1-10-5-7-18-8-6-10/h2-3,5-9,14,19H,1,4,17H2. The fourth-order valence-corrected chi connectivity index (χ4v) is 2.22. The lowest BCUT2D eigenvalue weighted by Gasteiger charge is -2.17. The molecule has 1 unspecified atom stereocenters. The van der Waals surface area contributed by atoms with E-state index in [1.165, 1.54) is 12.1 Å². The Morgan fingerprint density at radius 3 is 2.68 bits per heavy atom. The number of rotatable bonds is 5. The fourth-order valence-electron chi connectivity index (χ4n) is 1.97. The third-order valence-corrected chi connectivity index (χ3v) is 3.35. The second-order valence-corrected chi connectivity index (χ2v) is 4.69. The van der Waals surface area contributed by atoms with E-state index in [9.17, 15) is 4.39 Å². The van der Waals surface area contributed by atoms with Crippen molar-refractivity contribution in [1.29, 1.82) is 0 Å². The van der Waals surface area contributed by atoms with Gasteiger partial charge in [0.2, 0.25) is 0 Å². The minimum absolute atomic E-state index is 0.184. The summed E-state index contributed by atoms with van der Waals surface area (Å²) in [5, 5.41) is 0.513. The molecule has 0 aliphatic carbocycles. The maximum Gasteiger partial charge on any atom is 0.123 e. The quantitative estimate of drug-likeness (QED) is 0.653. The summed E-state index contributed by atoms with van der Waals surface area (Å²) < 4.78 is 13.3. The number of aromatic nitrogens is 1. The predicted molar refractivity (Wildman–Crippen MR) is 74.0 cm³/mol. The first kappa shape index (κ1) is 13.9. The summed E-state index contributed by atoms with van der Waals surface area (Å²) >= 11 is 6.08. The van der Waals surface area contributed by atoms with Crippen LogP contribution in [0.3, 0.4) is 0 Å². The van der Waals surface area contributed by atoms with Gasteiger partial charge in [-0.15, -0.1) is 0 Å². The molecular weight excluding hydrogens is 265 g/mol. The van der Waals surface area contributed by atoms with Crippen LogP contribution in [0.15, 0.2) is 42.7 Å². The van der Waals surface area contributed by atoms with Crippen molar-refractivity contribution in [3.05, 3.63) is 64.7 Å². The molecule has 1 aromatic heterocycles. The van der Waals surface area contributed by atoms with Gasteiger partial charge < -0.3 is 0 Å². The first-order chi connectivity index (χ1) is 9.20. The zero-order chi connectivity index (χ0) is 13.7. The first-order valence-corrected chi connectivity index (χ1v) is 6.38. The van der Waals surface area contributed by atoms with Crippen LogP contribution in [-0.4, -0.2) is 4.98 Å². The Labute approximate surface area is 116 Å². The van der Waals surface area contributed by atoms with E-state index in [0.29, 0.717) is 10.6 Å². The summed E-state index contributed by atoms with van der Waals surface area (Å²) in [6.45, 7) is 0. The zero-order valence-corrected chi connectivity index (χ0v) is 11.1. The van der Waals surface area contributed by atoms with Crippen LogP contribution in [0, 0.1) is 5.82 Å². The van der Waals surface area contributed by atoms with E-state index in [0.717, 1.165) is 18.4 Å². The third kappa shape index (κ3) is 3.73. The number of hydrogen-bond donors (Lipinski definition) is 2. The monoisotopic (exact) mass is 279 g/mol. The van der Waals surface area contributed by atoms with Gasteiger partial charge in [-0.1, -0.05) is 11.6 Å². The molecule has 1 aromatic carbocycles. The van der Waals surface area contributed by atoms with Crippen LogP contribution >= 0.6 is 11.6 Å². The number of nitrogens with zero attached hydrogens (tertiary/aromatic N) is 1. The molecule has 0 amide bonds. The Bertz CT molecular complexity index is 533. The molecule has 3 N–H and O–H groups in total. The summed E-state index contributed by atoms with van der Waals surface area (Å²) in [7, 11) is 0. The number of nitrogens with two attached hydrogens (primary N) is 1. The highest BCUT2D eigenvalue weighted by atomic mass is 35.5. The molecule has 0 saturated heterocycles. The molecule has 5 heteroatoms. The number of pyridine rings is 1. The van der Waals surface area contributed by atoms with Gasteiger partial charge in [0.25, 0.3) is 0 Å². The fraction of sp³-hybridized carbons (Fsp3) is 0.214. The van der Waals surface area contributed by atoms with E-state index in [1.54, 1.807) is 18.5 Å². The van der Waals surface area contributed by atoms with Crippen molar-refractivity contribution in [2.24, 2.45) is 5.84 Å². The molecule has 19 heavy (non-hydrogen) atoms. The number of benzene rings is 1. The van der Waals surface area contributed by atoms with Gasteiger partial charge >= 0.3 is 0 Å². The van der Waals surface area contributed by atoms with Crippen LogP contribution in [0.2, 0.25) is 5.02 Å². The average Bonchev–Trinajstić information content (AvgIpc) is 2.44. The van der Waals surface area contributed by atoms with E-state index in [-0.39, 0.29) is 11.9 Å². The van der Waals surface area contributed by atoms with Crippen LogP contribution in [-0.2, 0) is 6.42 Å². The average molecular weight is 280 g/mol. The van der Waals surface area contributed by atoms with E-state index < -0.39 is 0 Å². The van der Waals surface area contributed by atoms with E-state index in [1.807, 2.05) is 12.1 Å². The molecular formula is C14H15ClFN3. The number of hydrogen-bond acceptors (Lipinski definition) is 3. The van der Waals surface area contributed by atoms with Crippen molar-refractivity contribution in [3.8, 4) is 0 Å². The van der Waals surface area contributed by atoms with Gasteiger partial charge in [0, 0.05) is 23.5 Å². The molecule has 1 heterocycles. The van der Waals surface area contributed by atoms with Crippen LogP contribution in [0.1, 0.15) is 23.6 Å². The number of nitrogens with one attached hydrogen (secondary N) is 1. The zero-order valence-electron chi connectivity index (χ0n) is 10.3. The van der Waals surface area contributed by atoms with Gasteiger partial charge in [-0.2, -0.15) is 0 Å². The lowest BCUT2D eigenvalue weighted by molar-refractivity contribution is 0.512. The van der Waals surface area contributed by atoms with Gasteiger partial charge in [-0.3, -0.25) is 16.3 Å². The van der Waals surface area contributed by atoms with Gasteiger partial charge in [-0.05, 0) is 54.3 Å². The number of hydrazine groups is 1. The summed E-state index contributed by atoms with van der Waals surface area (Å²) in [5.41, 5.74) is 4.52. The molecule has 0 saturated carbocycles. The first-order valence-electron chi connectivity index (χ1n) is 6.00.